The molecule has 31 heavy (non-hydrogen) atoms. The van der Waals surface area contributed by atoms with E-state index in [-0.39, 0.29) is 22.1 Å². The van der Waals surface area contributed by atoms with E-state index in [0.29, 0.717) is 6.54 Å². The molecule has 5 nitrogen and oxygen atoms in total. The molecule has 1 N–H and O–H groups in total. The van der Waals surface area contributed by atoms with Crippen LogP contribution in [0, 0.1) is 0 Å². The van der Waals surface area contributed by atoms with Crippen LogP contribution >= 0.6 is 11.3 Å². The van der Waals surface area contributed by atoms with Crippen molar-refractivity contribution in [1.82, 2.24) is 9.97 Å². The molecule has 0 unspecified atom stereocenters. The van der Waals surface area contributed by atoms with E-state index in [9.17, 15) is 21.6 Å². The minimum Gasteiger partial charge on any atom is -0.365 e. The molecule has 2 aromatic carbocycles. The topological polar surface area (TPSA) is 72.0 Å². The zero-order chi connectivity index (χ0) is 22.2. The first-order chi connectivity index (χ1) is 14.6. The van der Waals surface area contributed by atoms with E-state index >= 15 is 0 Å². The second-order valence-electron chi connectivity index (χ2n) is 6.86. The number of hydrogen-bond donors (Lipinski definition) is 1. The lowest BCUT2D eigenvalue weighted by atomic mass is 10.2. The van der Waals surface area contributed by atoms with Crippen molar-refractivity contribution in [3.05, 3.63) is 71.2 Å². The molecule has 0 atom stereocenters. The number of nitrogens with one attached hydrogen (secondary N) is 1. The third kappa shape index (κ3) is 4.86. The van der Waals surface area contributed by atoms with Gasteiger partial charge in [-0.2, -0.15) is 13.2 Å². The maximum atomic E-state index is 13.4. The number of hydrogen-bond acceptors (Lipinski definition) is 6. The summed E-state index contributed by atoms with van der Waals surface area (Å²) in [5.41, 5.74) is -0.799. The molecular formula is C21H16F3N3O2S2. The Morgan fingerprint density at radius 1 is 1.00 bits per heavy atom. The number of aromatic nitrogens is 2. The van der Waals surface area contributed by atoms with Gasteiger partial charge in [0.15, 0.2) is 21.4 Å². The first-order valence-corrected chi connectivity index (χ1v) is 11.8. The Bertz CT molecular complexity index is 1320. The number of thiophene rings is 1. The molecule has 0 bridgehead atoms. The molecule has 2 heterocycles. The summed E-state index contributed by atoms with van der Waals surface area (Å²) in [5.74, 6) is -0.115. The predicted octanol–water partition coefficient (Wildman–Crippen LogP) is 5.39. The largest absolute Gasteiger partial charge is 0.433 e. The minimum atomic E-state index is -4.65. The molecule has 0 spiro atoms. The van der Waals surface area contributed by atoms with Gasteiger partial charge in [0.25, 0.3) is 0 Å². The number of halogens is 3. The van der Waals surface area contributed by atoms with Crippen LogP contribution in [0.25, 0.3) is 21.5 Å². The highest BCUT2D eigenvalue weighted by Gasteiger charge is 2.34. The smallest absolute Gasteiger partial charge is 0.365 e. The number of anilines is 1. The van der Waals surface area contributed by atoms with Crippen molar-refractivity contribution in [2.45, 2.75) is 17.6 Å². The third-order valence-electron chi connectivity index (χ3n) is 4.48. The standard InChI is InChI=1S/C21H16F3N3O2S2/c1-31(28,29)16-8-6-13(7-9-16)20-26-18(21(22,23)24)11-19(27-20)25-12-15-10-14-4-2-3-5-17(14)30-15/h2-11H,12H2,1H3,(H,25,26,27). The fraction of sp³-hybridized carbons (Fsp3) is 0.143. The van der Waals surface area contributed by atoms with Crippen molar-refractivity contribution in [2.24, 2.45) is 0 Å². The fourth-order valence-corrected chi connectivity index (χ4v) is 4.60. The van der Waals surface area contributed by atoms with E-state index in [1.54, 1.807) is 11.3 Å². The van der Waals surface area contributed by atoms with Crippen molar-refractivity contribution in [1.29, 1.82) is 0 Å². The first-order valence-electron chi connectivity index (χ1n) is 9.08. The number of rotatable bonds is 5. The van der Waals surface area contributed by atoms with Gasteiger partial charge in [-0.05, 0) is 41.8 Å². The summed E-state index contributed by atoms with van der Waals surface area (Å²) in [4.78, 5) is 8.86. The van der Waals surface area contributed by atoms with Crippen molar-refractivity contribution in [3.63, 3.8) is 0 Å². The van der Waals surface area contributed by atoms with Crippen LogP contribution in [0.4, 0.5) is 19.0 Å². The molecule has 2 aromatic heterocycles. The SMILES string of the molecule is CS(=O)(=O)c1ccc(-c2nc(NCc3cc4ccccc4s3)cc(C(F)(F)F)n2)cc1. The molecule has 10 heteroatoms. The number of sulfone groups is 1. The quantitative estimate of drug-likeness (QED) is 0.430. The highest BCUT2D eigenvalue weighted by atomic mass is 32.2. The van der Waals surface area contributed by atoms with Crippen LogP contribution in [0.5, 0.6) is 0 Å². The van der Waals surface area contributed by atoms with E-state index in [0.717, 1.165) is 27.3 Å². The van der Waals surface area contributed by atoms with Crippen LogP contribution in [-0.4, -0.2) is 24.6 Å². The Morgan fingerprint density at radius 2 is 1.71 bits per heavy atom. The van der Waals surface area contributed by atoms with Gasteiger partial charge in [-0.15, -0.1) is 11.3 Å². The summed E-state index contributed by atoms with van der Waals surface area (Å²) in [6.45, 7) is 0.306. The Labute approximate surface area is 180 Å². The highest BCUT2D eigenvalue weighted by Crippen LogP contribution is 2.32. The minimum absolute atomic E-state index is 0.0296. The van der Waals surface area contributed by atoms with E-state index in [2.05, 4.69) is 15.3 Å². The molecule has 0 saturated heterocycles. The van der Waals surface area contributed by atoms with Gasteiger partial charge < -0.3 is 5.32 Å². The van der Waals surface area contributed by atoms with Crippen molar-refractivity contribution in [2.75, 3.05) is 11.6 Å². The summed E-state index contributed by atoms with van der Waals surface area (Å²) in [7, 11) is -3.42. The maximum Gasteiger partial charge on any atom is 0.433 e. The monoisotopic (exact) mass is 463 g/mol. The summed E-state index contributed by atoms with van der Waals surface area (Å²) < 4.78 is 64.5. The van der Waals surface area contributed by atoms with E-state index in [1.807, 2.05) is 30.3 Å². The number of nitrogens with zero attached hydrogens (tertiary/aromatic N) is 2. The molecule has 4 rings (SSSR count). The molecular weight excluding hydrogens is 447 g/mol. The zero-order valence-corrected chi connectivity index (χ0v) is 17.8. The molecule has 4 aromatic rings. The van der Waals surface area contributed by atoms with Crippen LogP contribution in [0.2, 0.25) is 0 Å². The average Bonchev–Trinajstić information content (AvgIpc) is 3.14. The van der Waals surface area contributed by atoms with Gasteiger partial charge in [-0.25, -0.2) is 18.4 Å². The summed E-state index contributed by atoms with van der Waals surface area (Å²) in [6.07, 6.45) is -3.60. The van der Waals surface area contributed by atoms with Crippen LogP contribution in [0.3, 0.4) is 0 Å². The lowest BCUT2D eigenvalue weighted by Gasteiger charge is -2.12. The Morgan fingerprint density at radius 3 is 2.35 bits per heavy atom. The van der Waals surface area contributed by atoms with E-state index in [4.69, 9.17) is 0 Å². The fourth-order valence-electron chi connectivity index (χ4n) is 2.96. The van der Waals surface area contributed by atoms with Gasteiger partial charge >= 0.3 is 6.18 Å². The van der Waals surface area contributed by atoms with Gasteiger partial charge in [0, 0.05) is 27.5 Å². The summed E-state index contributed by atoms with van der Waals surface area (Å²) in [6, 6.07) is 16.1. The molecule has 0 radical (unpaired) electrons. The third-order valence-corrected chi connectivity index (χ3v) is 6.72. The van der Waals surface area contributed by atoms with Gasteiger partial charge in [-0.1, -0.05) is 18.2 Å². The van der Waals surface area contributed by atoms with Crippen LogP contribution in [0.1, 0.15) is 10.6 Å². The van der Waals surface area contributed by atoms with E-state index in [1.165, 1.54) is 24.3 Å². The zero-order valence-electron chi connectivity index (χ0n) is 16.1. The van der Waals surface area contributed by atoms with E-state index < -0.39 is 21.7 Å². The van der Waals surface area contributed by atoms with Crippen molar-refractivity contribution < 1.29 is 21.6 Å². The number of alkyl halides is 3. The Kier molecular flexibility index (Phi) is 5.44. The summed E-state index contributed by atoms with van der Waals surface area (Å²) in [5, 5.41) is 4.01. The highest BCUT2D eigenvalue weighted by molar-refractivity contribution is 7.90. The molecule has 0 saturated carbocycles. The second kappa shape index (κ2) is 7.93. The maximum absolute atomic E-state index is 13.4. The van der Waals surface area contributed by atoms with Crippen molar-refractivity contribution in [3.8, 4) is 11.4 Å². The van der Waals surface area contributed by atoms with Crippen LogP contribution < -0.4 is 5.32 Å². The van der Waals surface area contributed by atoms with Gasteiger partial charge in [-0.3, -0.25) is 0 Å². The van der Waals surface area contributed by atoms with Gasteiger partial charge in [0.05, 0.1) is 11.4 Å². The molecule has 0 aliphatic rings. The molecule has 0 fully saturated rings. The van der Waals surface area contributed by atoms with Crippen LogP contribution in [-0.2, 0) is 22.6 Å². The molecule has 160 valence electrons. The average molecular weight is 464 g/mol. The number of benzene rings is 2. The molecule has 0 aliphatic carbocycles. The second-order valence-corrected chi connectivity index (χ2v) is 10.0. The Hall–Kier alpha value is -2.98. The van der Waals surface area contributed by atoms with Crippen LogP contribution in [0.15, 0.2) is 65.6 Å². The normalized spacial score (nSPS) is 12.3. The van der Waals surface area contributed by atoms with Gasteiger partial charge in [0.1, 0.15) is 5.82 Å². The van der Waals surface area contributed by atoms with Gasteiger partial charge in [0.2, 0.25) is 0 Å². The predicted molar refractivity (Wildman–Crippen MR) is 115 cm³/mol. The molecule has 0 aliphatic heterocycles. The van der Waals surface area contributed by atoms with Crippen molar-refractivity contribution >= 4 is 37.1 Å². The lowest BCUT2D eigenvalue weighted by molar-refractivity contribution is -0.141. The first kappa shape index (κ1) is 21.3. The number of fused-ring (bicyclic) bond motifs is 1. The lowest BCUT2D eigenvalue weighted by Crippen LogP contribution is -2.12. The Balaban J connectivity index is 1.65. The summed E-state index contributed by atoms with van der Waals surface area (Å²) >= 11 is 1.55. The molecule has 0 amide bonds.